The molecule has 2 N–H and O–H groups in total. The molecule has 0 saturated heterocycles. The molecule has 3 heteroatoms. The summed E-state index contributed by atoms with van der Waals surface area (Å²) in [5.41, 5.74) is 2.00. The van der Waals surface area contributed by atoms with E-state index in [4.69, 9.17) is 11.6 Å². The van der Waals surface area contributed by atoms with Crippen molar-refractivity contribution in [3.05, 3.63) is 58.5 Å². The Bertz CT molecular complexity index is 423. The molecule has 1 aromatic carbocycles. The molecule has 2 rings (SSSR count). The lowest BCUT2D eigenvalue weighted by Gasteiger charge is -2.14. The van der Waals surface area contributed by atoms with Crippen molar-refractivity contribution in [1.82, 2.24) is 5.32 Å². The first-order valence-electron chi connectivity index (χ1n) is 4.81. The normalized spacial score (nSPS) is 15.3. The highest BCUT2D eigenvalue weighted by molar-refractivity contribution is 6.31. The maximum atomic E-state index is 9.63. The topological polar surface area (TPSA) is 32.3 Å². The van der Waals surface area contributed by atoms with Gasteiger partial charge < -0.3 is 10.4 Å². The SMILES string of the molecule is OC1=C(Cc2ccccc2Cl)CNC=C1. The first kappa shape index (κ1) is 10.1. The predicted octanol–water partition coefficient (Wildman–Crippen LogP) is 2.81. The highest BCUT2D eigenvalue weighted by Crippen LogP contribution is 2.20. The standard InChI is InChI=1S/C12H12ClNO/c13-11-4-2-1-3-9(11)7-10-8-14-6-5-12(10)15/h1-6,14-15H,7-8H2. The van der Waals surface area contributed by atoms with E-state index >= 15 is 0 Å². The summed E-state index contributed by atoms with van der Waals surface area (Å²) >= 11 is 6.05. The Kier molecular flexibility index (Phi) is 2.97. The van der Waals surface area contributed by atoms with Crippen molar-refractivity contribution in [1.29, 1.82) is 0 Å². The molecule has 0 bridgehead atoms. The van der Waals surface area contributed by atoms with Gasteiger partial charge in [-0.3, -0.25) is 0 Å². The minimum Gasteiger partial charge on any atom is -0.508 e. The van der Waals surface area contributed by atoms with Crippen LogP contribution >= 0.6 is 11.6 Å². The van der Waals surface area contributed by atoms with Crippen LogP contribution in [0.2, 0.25) is 5.02 Å². The lowest BCUT2D eigenvalue weighted by Crippen LogP contribution is -2.17. The van der Waals surface area contributed by atoms with Gasteiger partial charge in [-0.1, -0.05) is 29.8 Å². The van der Waals surface area contributed by atoms with Gasteiger partial charge in [0.1, 0.15) is 5.76 Å². The van der Waals surface area contributed by atoms with Gasteiger partial charge in [-0.2, -0.15) is 0 Å². The van der Waals surface area contributed by atoms with Crippen molar-refractivity contribution < 1.29 is 5.11 Å². The summed E-state index contributed by atoms with van der Waals surface area (Å²) in [7, 11) is 0. The molecular formula is C12H12ClNO. The van der Waals surface area contributed by atoms with E-state index in [1.807, 2.05) is 24.3 Å². The fourth-order valence-corrected chi connectivity index (χ4v) is 1.76. The molecule has 0 radical (unpaired) electrons. The van der Waals surface area contributed by atoms with Gasteiger partial charge in [0.05, 0.1) is 0 Å². The Labute approximate surface area is 93.9 Å². The minimum absolute atomic E-state index is 0.341. The fraction of sp³-hybridized carbons (Fsp3) is 0.167. The molecule has 0 aromatic heterocycles. The van der Waals surface area contributed by atoms with Crippen LogP contribution in [0.1, 0.15) is 5.56 Å². The minimum atomic E-state index is 0.341. The van der Waals surface area contributed by atoms with Gasteiger partial charge in [0.2, 0.25) is 0 Å². The van der Waals surface area contributed by atoms with Gasteiger partial charge >= 0.3 is 0 Å². The number of aliphatic hydroxyl groups excluding tert-OH is 1. The molecule has 2 nitrogen and oxygen atoms in total. The van der Waals surface area contributed by atoms with Gasteiger partial charge in [-0.25, -0.2) is 0 Å². The number of nitrogens with one attached hydrogen (secondary N) is 1. The van der Waals surface area contributed by atoms with Crippen LogP contribution in [0.5, 0.6) is 0 Å². The highest BCUT2D eigenvalue weighted by atomic mass is 35.5. The molecule has 0 aliphatic carbocycles. The Hall–Kier alpha value is -1.41. The quantitative estimate of drug-likeness (QED) is 0.805. The summed E-state index contributed by atoms with van der Waals surface area (Å²) in [6.07, 6.45) is 4.09. The molecule has 0 fully saturated rings. The first-order chi connectivity index (χ1) is 7.27. The molecule has 78 valence electrons. The van der Waals surface area contributed by atoms with E-state index in [2.05, 4.69) is 5.32 Å². The van der Waals surface area contributed by atoms with Gasteiger partial charge in [-0.05, 0) is 23.3 Å². The molecule has 1 aliphatic heterocycles. The molecular weight excluding hydrogens is 210 g/mol. The Morgan fingerprint density at radius 2 is 2.13 bits per heavy atom. The van der Waals surface area contributed by atoms with Crippen molar-refractivity contribution in [2.45, 2.75) is 6.42 Å². The monoisotopic (exact) mass is 221 g/mol. The zero-order chi connectivity index (χ0) is 10.7. The molecule has 15 heavy (non-hydrogen) atoms. The van der Waals surface area contributed by atoms with Crippen LogP contribution in [0.4, 0.5) is 0 Å². The van der Waals surface area contributed by atoms with E-state index in [9.17, 15) is 5.11 Å². The van der Waals surface area contributed by atoms with E-state index in [0.717, 1.165) is 16.2 Å². The average molecular weight is 222 g/mol. The second kappa shape index (κ2) is 4.41. The number of rotatable bonds is 2. The summed E-state index contributed by atoms with van der Waals surface area (Å²) in [6, 6.07) is 7.69. The largest absolute Gasteiger partial charge is 0.508 e. The second-order valence-electron chi connectivity index (χ2n) is 3.47. The summed E-state index contributed by atoms with van der Waals surface area (Å²) in [6.45, 7) is 0.674. The van der Waals surface area contributed by atoms with Gasteiger partial charge in [0.15, 0.2) is 0 Å². The van der Waals surface area contributed by atoms with Crippen LogP contribution < -0.4 is 5.32 Å². The number of aliphatic hydroxyl groups is 1. The predicted molar refractivity (Wildman–Crippen MR) is 62.0 cm³/mol. The molecule has 1 heterocycles. The first-order valence-corrected chi connectivity index (χ1v) is 5.19. The molecule has 0 saturated carbocycles. The van der Waals surface area contributed by atoms with Crippen molar-refractivity contribution in [2.24, 2.45) is 0 Å². The van der Waals surface area contributed by atoms with E-state index < -0.39 is 0 Å². The average Bonchev–Trinajstić information content (AvgIpc) is 2.24. The van der Waals surface area contributed by atoms with Crippen molar-refractivity contribution in [3.8, 4) is 0 Å². The van der Waals surface area contributed by atoms with Crippen molar-refractivity contribution in [3.63, 3.8) is 0 Å². The number of hydrogen-bond donors (Lipinski definition) is 2. The molecule has 0 spiro atoms. The molecule has 1 aliphatic rings. The van der Waals surface area contributed by atoms with Gasteiger partial charge in [0, 0.05) is 24.2 Å². The van der Waals surface area contributed by atoms with Gasteiger partial charge in [-0.15, -0.1) is 0 Å². The molecule has 1 aromatic rings. The maximum absolute atomic E-state index is 9.63. The Morgan fingerprint density at radius 3 is 2.87 bits per heavy atom. The number of halogens is 1. The third-order valence-corrected chi connectivity index (χ3v) is 2.77. The third-order valence-electron chi connectivity index (χ3n) is 2.40. The van der Waals surface area contributed by atoms with Crippen LogP contribution in [0.3, 0.4) is 0 Å². The molecule has 0 unspecified atom stereocenters. The van der Waals surface area contributed by atoms with E-state index in [1.165, 1.54) is 0 Å². The summed E-state index contributed by atoms with van der Waals surface area (Å²) in [5, 5.41) is 13.4. The van der Waals surface area contributed by atoms with Crippen molar-refractivity contribution in [2.75, 3.05) is 6.54 Å². The molecule has 0 atom stereocenters. The fourth-order valence-electron chi connectivity index (χ4n) is 1.55. The van der Waals surface area contributed by atoms with Crippen LogP contribution in [-0.4, -0.2) is 11.7 Å². The lowest BCUT2D eigenvalue weighted by atomic mass is 10.0. The molecule has 0 amide bonds. The van der Waals surface area contributed by atoms with E-state index in [1.54, 1.807) is 12.3 Å². The van der Waals surface area contributed by atoms with Crippen LogP contribution in [-0.2, 0) is 6.42 Å². The summed E-state index contributed by atoms with van der Waals surface area (Å²) in [5.74, 6) is 0.341. The van der Waals surface area contributed by atoms with E-state index in [0.29, 0.717) is 18.7 Å². The number of allylic oxidation sites excluding steroid dienone is 1. The smallest absolute Gasteiger partial charge is 0.118 e. The lowest BCUT2D eigenvalue weighted by molar-refractivity contribution is 0.417. The summed E-state index contributed by atoms with van der Waals surface area (Å²) in [4.78, 5) is 0. The highest BCUT2D eigenvalue weighted by Gasteiger charge is 2.09. The number of hydrogen-bond acceptors (Lipinski definition) is 2. The van der Waals surface area contributed by atoms with E-state index in [-0.39, 0.29) is 0 Å². The third kappa shape index (κ3) is 2.34. The Morgan fingerprint density at radius 1 is 1.33 bits per heavy atom. The number of dihydropyridines is 1. The zero-order valence-electron chi connectivity index (χ0n) is 8.20. The van der Waals surface area contributed by atoms with Crippen molar-refractivity contribution >= 4 is 11.6 Å². The Balaban J connectivity index is 2.22. The summed E-state index contributed by atoms with van der Waals surface area (Å²) < 4.78 is 0. The van der Waals surface area contributed by atoms with Gasteiger partial charge in [0.25, 0.3) is 0 Å². The zero-order valence-corrected chi connectivity index (χ0v) is 8.96. The second-order valence-corrected chi connectivity index (χ2v) is 3.88. The number of benzene rings is 1. The van der Waals surface area contributed by atoms with Crippen LogP contribution in [0, 0.1) is 0 Å². The maximum Gasteiger partial charge on any atom is 0.118 e. The van der Waals surface area contributed by atoms with Crippen LogP contribution in [0.25, 0.3) is 0 Å². The van der Waals surface area contributed by atoms with Crippen LogP contribution in [0.15, 0.2) is 47.9 Å².